The third kappa shape index (κ3) is 3.92. The van der Waals surface area contributed by atoms with Crippen LogP contribution in [0.5, 0.6) is 0 Å². The maximum absolute atomic E-state index is 12.9. The third-order valence-corrected chi connectivity index (χ3v) is 4.44. The number of amides is 1. The molecule has 0 saturated carbocycles. The van der Waals surface area contributed by atoms with Gasteiger partial charge in [-0.2, -0.15) is 13.2 Å². The van der Waals surface area contributed by atoms with Gasteiger partial charge in [-0.1, -0.05) is 6.07 Å². The van der Waals surface area contributed by atoms with Crippen LogP contribution in [-0.2, 0) is 11.0 Å². The average molecular weight is 365 g/mol. The van der Waals surface area contributed by atoms with Crippen LogP contribution < -0.4 is 10.2 Å². The van der Waals surface area contributed by atoms with Gasteiger partial charge in [-0.05, 0) is 45.4 Å². The minimum Gasteiger partial charge on any atom is -0.370 e. The minimum atomic E-state index is -4.39. The molecule has 2 heterocycles. The molecule has 1 fully saturated rings. The Hall–Kier alpha value is -2.31. The first kappa shape index (κ1) is 18.5. The highest BCUT2D eigenvalue weighted by Crippen LogP contribution is 2.35. The fraction of sp³-hybridized carbons (Fsp3) is 0.474. The lowest BCUT2D eigenvalue weighted by atomic mass is 10.0. The van der Waals surface area contributed by atoms with Gasteiger partial charge in [0.05, 0.1) is 17.0 Å². The summed E-state index contributed by atoms with van der Waals surface area (Å²) in [5, 5.41) is 3.66. The second-order valence-electron chi connectivity index (χ2n) is 7.73. The van der Waals surface area contributed by atoms with Crippen LogP contribution in [0.2, 0.25) is 0 Å². The predicted octanol–water partition coefficient (Wildman–Crippen LogP) is 3.99. The highest BCUT2D eigenvalue weighted by atomic mass is 19.4. The summed E-state index contributed by atoms with van der Waals surface area (Å²) in [5.74, 6) is -0.121. The first-order valence-electron chi connectivity index (χ1n) is 8.57. The number of hydrogen-bond donors (Lipinski definition) is 1. The Morgan fingerprint density at radius 1 is 1.23 bits per heavy atom. The lowest BCUT2D eigenvalue weighted by molar-refractivity contribution is -0.137. The van der Waals surface area contributed by atoms with Crippen LogP contribution in [0, 0.1) is 5.92 Å². The van der Waals surface area contributed by atoms with E-state index >= 15 is 0 Å². The number of nitrogens with zero attached hydrogens (tertiary/aromatic N) is 2. The second kappa shape index (κ2) is 6.45. The summed E-state index contributed by atoms with van der Waals surface area (Å²) in [5.41, 5.74) is 0.121. The van der Waals surface area contributed by atoms with Crippen LogP contribution in [0.3, 0.4) is 0 Å². The van der Waals surface area contributed by atoms with Gasteiger partial charge in [0.15, 0.2) is 0 Å². The number of anilines is 1. The fourth-order valence-electron chi connectivity index (χ4n) is 3.25. The number of nitrogens with one attached hydrogen (secondary N) is 1. The quantitative estimate of drug-likeness (QED) is 0.875. The molecule has 26 heavy (non-hydrogen) atoms. The molecule has 0 radical (unpaired) electrons. The van der Waals surface area contributed by atoms with E-state index in [9.17, 15) is 18.0 Å². The van der Waals surface area contributed by atoms with E-state index in [4.69, 9.17) is 0 Å². The van der Waals surface area contributed by atoms with Crippen molar-refractivity contribution in [2.75, 3.05) is 18.0 Å². The van der Waals surface area contributed by atoms with E-state index in [1.165, 1.54) is 12.3 Å². The van der Waals surface area contributed by atoms with E-state index in [1.807, 2.05) is 25.7 Å². The minimum absolute atomic E-state index is 0.0118. The zero-order valence-electron chi connectivity index (χ0n) is 15.0. The van der Waals surface area contributed by atoms with Crippen molar-refractivity contribution in [2.24, 2.45) is 5.92 Å². The normalized spacial score (nSPS) is 18.4. The summed E-state index contributed by atoms with van der Waals surface area (Å²) in [6.45, 7) is 7.04. The molecule has 1 aliphatic heterocycles. The first-order chi connectivity index (χ1) is 12.0. The van der Waals surface area contributed by atoms with E-state index in [0.717, 1.165) is 17.8 Å². The third-order valence-electron chi connectivity index (χ3n) is 4.44. The van der Waals surface area contributed by atoms with Crippen molar-refractivity contribution in [1.29, 1.82) is 0 Å². The standard InChI is InChI=1S/C19H22F3N3O/c1-18(2,3)24-17(26)12-7-9-25(11-12)16-6-8-23-15-10-13(19(20,21)22)4-5-14(15)16/h4-6,8,10,12H,7,9,11H2,1-3H3,(H,24,26). The molecule has 1 aromatic heterocycles. The van der Waals surface area contributed by atoms with Crippen molar-refractivity contribution >= 4 is 22.5 Å². The van der Waals surface area contributed by atoms with E-state index in [1.54, 1.807) is 6.07 Å². The van der Waals surface area contributed by atoms with Gasteiger partial charge in [0.25, 0.3) is 0 Å². The van der Waals surface area contributed by atoms with Crippen LogP contribution in [-0.4, -0.2) is 29.5 Å². The number of rotatable bonds is 2. The lowest BCUT2D eigenvalue weighted by Gasteiger charge is -2.24. The van der Waals surface area contributed by atoms with Crippen LogP contribution in [0.1, 0.15) is 32.8 Å². The summed E-state index contributed by atoms with van der Waals surface area (Å²) < 4.78 is 38.7. The summed E-state index contributed by atoms with van der Waals surface area (Å²) in [6.07, 6.45) is -2.16. The van der Waals surface area contributed by atoms with Gasteiger partial charge in [0.1, 0.15) is 0 Å². The number of alkyl halides is 3. The first-order valence-corrected chi connectivity index (χ1v) is 8.57. The van der Waals surface area contributed by atoms with Crippen LogP contribution in [0.25, 0.3) is 10.9 Å². The number of fused-ring (bicyclic) bond motifs is 1. The Balaban J connectivity index is 1.84. The van der Waals surface area contributed by atoms with Crippen LogP contribution in [0.15, 0.2) is 30.5 Å². The molecule has 1 amide bonds. The van der Waals surface area contributed by atoms with Crippen molar-refractivity contribution in [3.8, 4) is 0 Å². The Labute approximate surface area is 150 Å². The van der Waals surface area contributed by atoms with Crippen molar-refractivity contribution in [2.45, 2.75) is 38.9 Å². The summed E-state index contributed by atoms with van der Waals surface area (Å²) in [7, 11) is 0. The van der Waals surface area contributed by atoms with Crippen LogP contribution >= 0.6 is 0 Å². The number of benzene rings is 1. The van der Waals surface area contributed by atoms with Crippen molar-refractivity contribution in [3.05, 3.63) is 36.0 Å². The Morgan fingerprint density at radius 3 is 2.62 bits per heavy atom. The van der Waals surface area contributed by atoms with Gasteiger partial charge in [0, 0.05) is 35.9 Å². The van der Waals surface area contributed by atoms with Crippen molar-refractivity contribution in [3.63, 3.8) is 0 Å². The largest absolute Gasteiger partial charge is 0.416 e. The van der Waals surface area contributed by atoms with Gasteiger partial charge in [-0.25, -0.2) is 0 Å². The summed E-state index contributed by atoms with van der Waals surface area (Å²) in [6, 6.07) is 5.40. The van der Waals surface area contributed by atoms with E-state index in [-0.39, 0.29) is 17.4 Å². The van der Waals surface area contributed by atoms with Gasteiger partial charge in [0.2, 0.25) is 5.91 Å². The molecule has 1 aliphatic rings. The Bertz CT molecular complexity index is 827. The zero-order chi connectivity index (χ0) is 19.1. The van der Waals surface area contributed by atoms with E-state index < -0.39 is 11.7 Å². The number of aromatic nitrogens is 1. The van der Waals surface area contributed by atoms with Crippen LogP contribution in [0.4, 0.5) is 18.9 Å². The highest BCUT2D eigenvalue weighted by Gasteiger charge is 2.32. The summed E-state index contributed by atoms with van der Waals surface area (Å²) >= 11 is 0. The number of hydrogen-bond acceptors (Lipinski definition) is 3. The van der Waals surface area contributed by atoms with E-state index in [0.29, 0.717) is 30.4 Å². The number of carbonyl (C=O) groups excluding carboxylic acids is 1. The van der Waals surface area contributed by atoms with Gasteiger partial charge in [-0.3, -0.25) is 9.78 Å². The SMILES string of the molecule is CC(C)(C)NC(=O)C1CCN(c2ccnc3cc(C(F)(F)F)ccc23)C1. The van der Waals surface area contributed by atoms with Crippen molar-refractivity contribution < 1.29 is 18.0 Å². The molecule has 2 aromatic rings. The topological polar surface area (TPSA) is 45.2 Å². The van der Waals surface area contributed by atoms with Crippen molar-refractivity contribution in [1.82, 2.24) is 10.3 Å². The lowest BCUT2D eigenvalue weighted by Crippen LogP contribution is -2.44. The fourth-order valence-corrected chi connectivity index (χ4v) is 3.25. The van der Waals surface area contributed by atoms with Gasteiger partial charge >= 0.3 is 6.18 Å². The monoisotopic (exact) mass is 365 g/mol. The second-order valence-corrected chi connectivity index (χ2v) is 7.73. The molecular formula is C19H22F3N3O. The molecule has 7 heteroatoms. The maximum Gasteiger partial charge on any atom is 0.416 e. The zero-order valence-corrected chi connectivity index (χ0v) is 15.0. The smallest absolute Gasteiger partial charge is 0.370 e. The molecule has 1 N–H and O–H groups in total. The number of carbonyl (C=O) groups is 1. The Kier molecular flexibility index (Phi) is 4.58. The average Bonchev–Trinajstić information content (AvgIpc) is 3.01. The predicted molar refractivity (Wildman–Crippen MR) is 95.0 cm³/mol. The molecule has 140 valence electrons. The highest BCUT2D eigenvalue weighted by molar-refractivity contribution is 5.92. The molecule has 4 nitrogen and oxygen atoms in total. The molecule has 1 saturated heterocycles. The molecule has 1 aromatic carbocycles. The van der Waals surface area contributed by atoms with E-state index in [2.05, 4.69) is 10.3 Å². The maximum atomic E-state index is 12.9. The molecule has 1 unspecified atom stereocenters. The number of pyridine rings is 1. The molecule has 1 atom stereocenters. The van der Waals surface area contributed by atoms with Gasteiger partial charge in [-0.15, -0.1) is 0 Å². The Morgan fingerprint density at radius 2 is 1.96 bits per heavy atom. The summed E-state index contributed by atoms with van der Waals surface area (Å²) in [4.78, 5) is 18.5. The molecular weight excluding hydrogens is 343 g/mol. The van der Waals surface area contributed by atoms with Gasteiger partial charge < -0.3 is 10.2 Å². The molecule has 0 aliphatic carbocycles. The molecule has 0 spiro atoms. The number of halogens is 3. The molecule has 0 bridgehead atoms. The molecule has 3 rings (SSSR count).